The number of Topliss-reactive ketones (excluding diaryl/α,β-unsaturated/α-hetero) is 1. The van der Waals surface area contributed by atoms with Crippen molar-refractivity contribution in [2.75, 3.05) is 0 Å². The van der Waals surface area contributed by atoms with E-state index in [1.165, 1.54) is 0 Å². The number of hydrogen-bond acceptors (Lipinski definition) is 3. The standard InChI is InChI=1S/C25H20Cl3NO4/c1-14-4-2-5-17(26)22(14)24(31)29-20(25(32)33)12-15-8-10-16(11-9-15)13-21(30)23-18(27)6-3-7-19(23)28/h2-11,20H,12-13H2,1H3,(H,29,31)(H,32,33)/t20-/m0/s1. The molecule has 0 heterocycles. The Morgan fingerprint density at radius 2 is 1.33 bits per heavy atom. The normalized spacial score (nSPS) is 11.6. The Hall–Kier alpha value is -2.86. The number of aryl methyl sites for hydroxylation is 1. The van der Waals surface area contributed by atoms with E-state index in [4.69, 9.17) is 34.8 Å². The number of carboxylic acid groups (broad SMARTS) is 1. The Labute approximate surface area is 206 Å². The van der Waals surface area contributed by atoms with Crippen molar-refractivity contribution in [1.82, 2.24) is 5.32 Å². The Morgan fingerprint density at radius 1 is 0.818 bits per heavy atom. The number of carbonyl (C=O) groups excluding carboxylic acids is 2. The maximum absolute atomic E-state index is 12.6. The van der Waals surface area contributed by atoms with Crippen LogP contribution in [0.1, 0.15) is 37.4 Å². The predicted octanol–water partition coefficient (Wildman–Crippen LogP) is 5.81. The topological polar surface area (TPSA) is 83.5 Å². The van der Waals surface area contributed by atoms with Crippen molar-refractivity contribution < 1.29 is 19.5 Å². The minimum Gasteiger partial charge on any atom is -0.480 e. The molecule has 0 aromatic heterocycles. The van der Waals surface area contributed by atoms with Crippen molar-refractivity contribution in [2.24, 2.45) is 0 Å². The van der Waals surface area contributed by atoms with E-state index >= 15 is 0 Å². The molecule has 0 radical (unpaired) electrons. The molecule has 0 unspecified atom stereocenters. The predicted molar refractivity (Wildman–Crippen MR) is 130 cm³/mol. The summed E-state index contributed by atoms with van der Waals surface area (Å²) in [6, 6.07) is 15.7. The van der Waals surface area contributed by atoms with E-state index in [9.17, 15) is 19.5 Å². The summed E-state index contributed by atoms with van der Waals surface area (Å²) in [7, 11) is 0. The lowest BCUT2D eigenvalue weighted by Crippen LogP contribution is -2.42. The zero-order valence-electron chi connectivity index (χ0n) is 17.6. The van der Waals surface area contributed by atoms with Crippen molar-refractivity contribution in [3.63, 3.8) is 0 Å². The van der Waals surface area contributed by atoms with Crippen LogP contribution in [0, 0.1) is 6.92 Å². The van der Waals surface area contributed by atoms with E-state index < -0.39 is 17.9 Å². The second kappa shape index (κ2) is 10.8. The first kappa shape index (κ1) is 24.8. The lowest BCUT2D eigenvalue weighted by Gasteiger charge is -2.16. The minimum absolute atomic E-state index is 0.0646. The second-order valence-electron chi connectivity index (χ2n) is 7.51. The third kappa shape index (κ3) is 6.14. The van der Waals surface area contributed by atoms with Gasteiger partial charge in [0.1, 0.15) is 6.04 Å². The summed E-state index contributed by atoms with van der Waals surface area (Å²) in [4.78, 5) is 37.0. The number of rotatable bonds is 8. The largest absolute Gasteiger partial charge is 0.480 e. The maximum atomic E-state index is 12.6. The number of carboxylic acids is 1. The van der Waals surface area contributed by atoms with E-state index in [1.54, 1.807) is 67.6 Å². The molecule has 0 aliphatic rings. The highest BCUT2D eigenvalue weighted by Gasteiger charge is 2.23. The SMILES string of the molecule is Cc1cccc(Cl)c1C(=O)N[C@@H](Cc1ccc(CC(=O)c2c(Cl)cccc2Cl)cc1)C(=O)O. The Bertz CT molecular complexity index is 1170. The van der Waals surface area contributed by atoms with E-state index in [0.29, 0.717) is 11.1 Å². The van der Waals surface area contributed by atoms with Crippen molar-refractivity contribution in [3.05, 3.63) is 104 Å². The molecule has 3 aromatic rings. The van der Waals surface area contributed by atoms with E-state index in [1.807, 2.05) is 0 Å². The monoisotopic (exact) mass is 503 g/mol. The summed E-state index contributed by atoms with van der Waals surface area (Å²) in [5.74, 6) is -1.94. The molecule has 5 nitrogen and oxygen atoms in total. The molecule has 0 spiro atoms. The number of amides is 1. The summed E-state index contributed by atoms with van der Waals surface area (Å²) in [5, 5.41) is 13.0. The highest BCUT2D eigenvalue weighted by atomic mass is 35.5. The summed E-state index contributed by atoms with van der Waals surface area (Å²) in [6.45, 7) is 1.73. The highest BCUT2D eigenvalue weighted by molar-refractivity contribution is 6.39. The number of nitrogens with one attached hydrogen (secondary N) is 1. The van der Waals surface area contributed by atoms with Gasteiger partial charge in [-0.3, -0.25) is 9.59 Å². The first-order valence-corrected chi connectivity index (χ1v) is 11.1. The molecule has 0 saturated heterocycles. The number of hydrogen-bond donors (Lipinski definition) is 2. The third-order valence-electron chi connectivity index (χ3n) is 5.12. The molecule has 1 amide bonds. The fourth-order valence-corrected chi connectivity index (χ4v) is 4.33. The van der Waals surface area contributed by atoms with Crippen LogP contribution in [0.2, 0.25) is 15.1 Å². The van der Waals surface area contributed by atoms with Gasteiger partial charge in [0, 0.05) is 12.8 Å². The van der Waals surface area contributed by atoms with Gasteiger partial charge in [-0.05, 0) is 41.8 Å². The molecule has 3 rings (SSSR count). The average Bonchev–Trinajstić information content (AvgIpc) is 2.74. The first-order valence-electron chi connectivity index (χ1n) is 10.0. The van der Waals surface area contributed by atoms with Crippen LogP contribution in [0.5, 0.6) is 0 Å². The zero-order chi connectivity index (χ0) is 24.1. The lowest BCUT2D eigenvalue weighted by molar-refractivity contribution is -0.139. The number of aliphatic carboxylic acids is 1. The molecule has 0 bridgehead atoms. The van der Waals surface area contributed by atoms with E-state index in [-0.39, 0.29) is 44.8 Å². The number of halogens is 3. The molecule has 3 aromatic carbocycles. The average molecular weight is 505 g/mol. The van der Waals surface area contributed by atoms with Gasteiger partial charge in [0.25, 0.3) is 5.91 Å². The second-order valence-corrected chi connectivity index (χ2v) is 8.73. The quantitative estimate of drug-likeness (QED) is 0.379. The molecular weight excluding hydrogens is 485 g/mol. The fourth-order valence-electron chi connectivity index (χ4n) is 3.42. The summed E-state index contributed by atoms with van der Waals surface area (Å²) >= 11 is 18.3. The van der Waals surface area contributed by atoms with Crippen LogP contribution in [0.4, 0.5) is 0 Å². The third-order valence-corrected chi connectivity index (χ3v) is 6.07. The van der Waals surface area contributed by atoms with Crippen LogP contribution in [0.15, 0.2) is 60.7 Å². The van der Waals surface area contributed by atoms with Gasteiger partial charge < -0.3 is 10.4 Å². The minimum atomic E-state index is -1.17. The van der Waals surface area contributed by atoms with Crippen molar-refractivity contribution in [3.8, 4) is 0 Å². The molecule has 0 aliphatic carbocycles. The van der Waals surface area contributed by atoms with Gasteiger partial charge in [-0.25, -0.2) is 4.79 Å². The van der Waals surface area contributed by atoms with Gasteiger partial charge in [0.05, 0.1) is 26.2 Å². The van der Waals surface area contributed by atoms with Crippen LogP contribution in [0.3, 0.4) is 0 Å². The molecule has 0 aliphatic heterocycles. The van der Waals surface area contributed by atoms with Crippen molar-refractivity contribution in [2.45, 2.75) is 25.8 Å². The van der Waals surface area contributed by atoms with E-state index in [0.717, 1.165) is 5.56 Å². The Morgan fingerprint density at radius 3 is 1.88 bits per heavy atom. The molecule has 8 heteroatoms. The fraction of sp³-hybridized carbons (Fsp3) is 0.160. The van der Waals surface area contributed by atoms with Crippen LogP contribution >= 0.6 is 34.8 Å². The Balaban J connectivity index is 1.70. The summed E-state index contributed by atoms with van der Waals surface area (Å²) in [6.07, 6.45) is 0.157. The van der Waals surface area contributed by atoms with Gasteiger partial charge in [-0.15, -0.1) is 0 Å². The zero-order valence-corrected chi connectivity index (χ0v) is 19.8. The van der Waals surface area contributed by atoms with Crippen molar-refractivity contribution in [1.29, 1.82) is 0 Å². The molecule has 0 fully saturated rings. The number of benzene rings is 3. The van der Waals surface area contributed by atoms with Crippen LogP contribution < -0.4 is 5.32 Å². The molecular formula is C25H20Cl3NO4. The summed E-state index contributed by atoms with van der Waals surface area (Å²) in [5.41, 5.74) is 2.58. The number of ketones is 1. The lowest BCUT2D eigenvalue weighted by atomic mass is 9.99. The van der Waals surface area contributed by atoms with Crippen LogP contribution in [-0.4, -0.2) is 28.8 Å². The van der Waals surface area contributed by atoms with Gasteiger partial charge in [-0.1, -0.05) is 77.3 Å². The van der Waals surface area contributed by atoms with Gasteiger partial charge >= 0.3 is 5.97 Å². The molecule has 170 valence electrons. The van der Waals surface area contributed by atoms with Crippen molar-refractivity contribution >= 4 is 52.5 Å². The maximum Gasteiger partial charge on any atom is 0.326 e. The summed E-state index contributed by atoms with van der Waals surface area (Å²) < 4.78 is 0. The molecule has 1 atom stereocenters. The van der Waals surface area contributed by atoms with Gasteiger partial charge in [0.2, 0.25) is 0 Å². The van der Waals surface area contributed by atoms with Crippen LogP contribution in [-0.2, 0) is 17.6 Å². The van der Waals surface area contributed by atoms with E-state index in [2.05, 4.69) is 5.32 Å². The molecule has 33 heavy (non-hydrogen) atoms. The van der Waals surface area contributed by atoms with Gasteiger partial charge in [0.15, 0.2) is 5.78 Å². The highest BCUT2D eigenvalue weighted by Crippen LogP contribution is 2.26. The molecule has 2 N–H and O–H groups in total. The van der Waals surface area contributed by atoms with Crippen LogP contribution in [0.25, 0.3) is 0 Å². The molecule has 0 saturated carbocycles. The van der Waals surface area contributed by atoms with Gasteiger partial charge in [-0.2, -0.15) is 0 Å². The first-order chi connectivity index (χ1) is 15.7. The smallest absolute Gasteiger partial charge is 0.326 e. The number of carbonyl (C=O) groups is 3. The Kier molecular flexibility index (Phi) is 8.14.